The van der Waals surface area contributed by atoms with Crippen molar-refractivity contribution in [3.8, 4) is 11.4 Å². The van der Waals surface area contributed by atoms with Gasteiger partial charge in [-0.2, -0.15) is 4.98 Å². The van der Waals surface area contributed by atoms with Gasteiger partial charge in [0.2, 0.25) is 11.9 Å². The van der Waals surface area contributed by atoms with Gasteiger partial charge in [-0.25, -0.2) is 4.98 Å². The van der Waals surface area contributed by atoms with E-state index in [1.807, 2.05) is 61.3 Å². The number of hydrogen-bond donors (Lipinski definition) is 2. The fourth-order valence-electron chi connectivity index (χ4n) is 4.74. The molecule has 0 saturated carbocycles. The van der Waals surface area contributed by atoms with Crippen LogP contribution in [-0.2, 0) is 9.59 Å². The number of aldehydes is 1. The first-order chi connectivity index (χ1) is 19.8. The number of nitrogens with one attached hydrogen (secondary N) is 2. The van der Waals surface area contributed by atoms with Crippen LogP contribution < -0.4 is 25.8 Å². The molecule has 0 spiro atoms. The van der Waals surface area contributed by atoms with Crippen molar-refractivity contribution in [2.24, 2.45) is 0 Å². The van der Waals surface area contributed by atoms with Gasteiger partial charge in [0.05, 0.1) is 18.5 Å². The maximum atomic E-state index is 13.1. The summed E-state index contributed by atoms with van der Waals surface area (Å²) in [6.45, 7) is 7.84. The van der Waals surface area contributed by atoms with Crippen LogP contribution in [0.1, 0.15) is 19.4 Å². The van der Waals surface area contributed by atoms with Crippen LogP contribution in [0.2, 0.25) is 0 Å². The molecular formula is C30H35N7O4. The summed E-state index contributed by atoms with van der Waals surface area (Å²) in [6, 6.07) is 15.1. The summed E-state index contributed by atoms with van der Waals surface area (Å²) >= 11 is 0. The largest absolute Gasteiger partial charge is 0.494 e. The molecule has 214 valence electrons. The lowest BCUT2D eigenvalue weighted by atomic mass is 10.2. The number of aryl methyl sites for hydroxylation is 1. The highest BCUT2D eigenvalue weighted by Gasteiger charge is 2.20. The highest BCUT2D eigenvalue weighted by molar-refractivity contribution is 5.81. The van der Waals surface area contributed by atoms with Crippen molar-refractivity contribution < 1.29 is 14.3 Å². The minimum absolute atomic E-state index is 0.104. The van der Waals surface area contributed by atoms with Crippen LogP contribution >= 0.6 is 0 Å². The molecular weight excluding hydrogens is 522 g/mol. The van der Waals surface area contributed by atoms with E-state index >= 15 is 0 Å². The van der Waals surface area contributed by atoms with Gasteiger partial charge in [-0.15, -0.1) is 0 Å². The topological polar surface area (TPSA) is 122 Å². The van der Waals surface area contributed by atoms with Crippen molar-refractivity contribution in [3.63, 3.8) is 0 Å². The molecule has 1 saturated heterocycles. The Morgan fingerprint density at radius 2 is 1.78 bits per heavy atom. The number of ether oxygens (including phenoxy) is 1. The molecule has 2 N–H and O–H groups in total. The van der Waals surface area contributed by atoms with E-state index in [9.17, 15) is 9.59 Å². The standard InChI is InChI=1S/C28H31N7O3.C2H4O/c1-18-14-26(37)35(22-7-5-6-20(15-22)29-3)27-23(18)17-30-28(32-27)31-24-9-8-21(16-25(24)38-4)34-12-10-33(11-13-34)19(2)36;1-2-3/h5-9,14-17,29H,10-13H2,1-4H3,(H,30,31,32);2H,1H3. The first-order valence-corrected chi connectivity index (χ1v) is 13.3. The number of nitrogens with zero attached hydrogens (tertiary/aromatic N) is 5. The van der Waals surface area contributed by atoms with E-state index in [-0.39, 0.29) is 11.5 Å². The molecule has 2 aromatic heterocycles. The lowest BCUT2D eigenvalue weighted by Gasteiger charge is -2.35. The smallest absolute Gasteiger partial charge is 0.257 e. The number of amides is 1. The highest BCUT2D eigenvalue weighted by Crippen LogP contribution is 2.32. The number of hydrogen-bond acceptors (Lipinski definition) is 9. The minimum atomic E-state index is -0.167. The average molecular weight is 558 g/mol. The number of aromatic nitrogens is 3. The third kappa shape index (κ3) is 6.46. The van der Waals surface area contributed by atoms with E-state index in [1.165, 1.54) is 6.92 Å². The van der Waals surface area contributed by atoms with E-state index in [0.29, 0.717) is 41.8 Å². The molecule has 1 aliphatic rings. The lowest BCUT2D eigenvalue weighted by Crippen LogP contribution is -2.48. The minimum Gasteiger partial charge on any atom is -0.494 e. The molecule has 3 heterocycles. The van der Waals surface area contributed by atoms with Crippen molar-refractivity contribution in [1.29, 1.82) is 0 Å². The Labute approximate surface area is 238 Å². The highest BCUT2D eigenvalue weighted by atomic mass is 16.5. The zero-order valence-corrected chi connectivity index (χ0v) is 24.0. The zero-order chi connectivity index (χ0) is 29.5. The van der Waals surface area contributed by atoms with Crippen LogP contribution in [0.25, 0.3) is 16.7 Å². The van der Waals surface area contributed by atoms with Crippen molar-refractivity contribution >= 4 is 46.2 Å². The van der Waals surface area contributed by atoms with Crippen LogP contribution in [0.15, 0.2) is 59.5 Å². The number of benzene rings is 2. The molecule has 1 amide bonds. The summed E-state index contributed by atoms with van der Waals surface area (Å²) < 4.78 is 7.28. The molecule has 0 radical (unpaired) electrons. The number of pyridine rings is 1. The van der Waals surface area contributed by atoms with Gasteiger partial charge in [-0.1, -0.05) is 6.07 Å². The maximum Gasteiger partial charge on any atom is 0.257 e. The Kier molecular flexibility index (Phi) is 9.18. The van der Waals surface area contributed by atoms with Gasteiger partial charge in [0, 0.05) is 75.2 Å². The van der Waals surface area contributed by atoms with Gasteiger partial charge in [0.1, 0.15) is 12.0 Å². The van der Waals surface area contributed by atoms with Crippen molar-refractivity contribution in [2.75, 3.05) is 55.9 Å². The van der Waals surface area contributed by atoms with E-state index in [1.54, 1.807) is 30.9 Å². The third-order valence-corrected chi connectivity index (χ3v) is 6.88. The SMILES string of the molecule is CC=O.CNc1cccc(-n2c(=O)cc(C)c3cnc(Nc4ccc(N5CCN(C(C)=O)CC5)cc4OC)nc32)c1. The normalized spacial score (nSPS) is 12.8. The Balaban J connectivity index is 0.00000124. The summed E-state index contributed by atoms with van der Waals surface area (Å²) in [5.41, 5.74) is 4.48. The molecule has 1 aliphatic heterocycles. The van der Waals surface area contributed by atoms with Crippen LogP contribution in [0, 0.1) is 6.92 Å². The maximum absolute atomic E-state index is 13.1. The second-order valence-corrected chi connectivity index (χ2v) is 9.47. The number of fused-ring (bicyclic) bond motifs is 1. The van der Waals surface area contributed by atoms with Gasteiger partial charge in [-0.05, 0) is 49.7 Å². The summed E-state index contributed by atoms with van der Waals surface area (Å²) in [5, 5.41) is 7.16. The van der Waals surface area contributed by atoms with Gasteiger partial charge in [-0.3, -0.25) is 14.2 Å². The summed E-state index contributed by atoms with van der Waals surface area (Å²) in [7, 11) is 3.46. The molecule has 2 aromatic carbocycles. The third-order valence-electron chi connectivity index (χ3n) is 6.88. The monoisotopic (exact) mass is 557 g/mol. The summed E-state index contributed by atoms with van der Waals surface area (Å²) in [4.78, 5) is 46.9. The van der Waals surface area contributed by atoms with E-state index < -0.39 is 0 Å². The van der Waals surface area contributed by atoms with Crippen LogP contribution in [-0.4, -0.2) is 72.0 Å². The van der Waals surface area contributed by atoms with Gasteiger partial charge < -0.3 is 30.0 Å². The quantitative estimate of drug-likeness (QED) is 0.341. The molecule has 4 aromatic rings. The second kappa shape index (κ2) is 12.9. The Hall–Kier alpha value is -4.93. The van der Waals surface area contributed by atoms with E-state index in [2.05, 4.69) is 20.5 Å². The fourth-order valence-corrected chi connectivity index (χ4v) is 4.74. The molecule has 1 fully saturated rings. The molecule has 0 aliphatic carbocycles. The first-order valence-electron chi connectivity index (χ1n) is 13.3. The average Bonchev–Trinajstić information content (AvgIpc) is 2.98. The van der Waals surface area contributed by atoms with Crippen molar-refractivity contribution in [2.45, 2.75) is 20.8 Å². The number of carbonyl (C=O) groups excluding carboxylic acids is 2. The number of carbonyl (C=O) groups is 2. The molecule has 0 atom stereocenters. The van der Waals surface area contributed by atoms with Crippen molar-refractivity contribution in [1.82, 2.24) is 19.4 Å². The number of piperazine rings is 1. The van der Waals surface area contributed by atoms with E-state index in [0.717, 1.165) is 41.7 Å². The molecule has 11 nitrogen and oxygen atoms in total. The number of anilines is 4. The Morgan fingerprint density at radius 1 is 1.05 bits per heavy atom. The predicted octanol–water partition coefficient (Wildman–Crippen LogP) is 3.76. The lowest BCUT2D eigenvalue weighted by molar-refractivity contribution is -0.129. The van der Waals surface area contributed by atoms with Gasteiger partial charge in [0.25, 0.3) is 5.56 Å². The van der Waals surface area contributed by atoms with E-state index in [4.69, 9.17) is 14.5 Å². The predicted molar refractivity (Wildman–Crippen MR) is 162 cm³/mol. The molecule has 41 heavy (non-hydrogen) atoms. The second-order valence-electron chi connectivity index (χ2n) is 9.47. The zero-order valence-electron chi connectivity index (χ0n) is 24.0. The number of methoxy groups -OCH3 is 1. The Bertz CT molecular complexity index is 1610. The molecule has 11 heteroatoms. The molecule has 5 rings (SSSR count). The van der Waals surface area contributed by atoms with Crippen LogP contribution in [0.3, 0.4) is 0 Å². The molecule has 0 bridgehead atoms. The van der Waals surface area contributed by atoms with Crippen LogP contribution in [0.5, 0.6) is 5.75 Å². The summed E-state index contributed by atoms with van der Waals surface area (Å²) in [6.07, 6.45) is 2.48. The molecule has 0 unspecified atom stereocenters. The van der Waals surface area contributed by atoms with Crippen LogP contribution in [0.4, 0.5) is 23.0 Å². The van der Waals surface area contributed by atoms with Gasteiger partial charge >= 0.3 is 0 Å². The van der Waals surface area contributed by atoms with Gasteiger partial charge in [0.15, 0.2) is 5.65 Å². The fraction of sp³-hybridized carbons (Fsp3) is 0.300. The Morgan fingerprint density at radius 3 is 2.44 bits per heavy atom. The first kappa shape index (κ1) is 29.1. The summed E-state index contributed by atoms with van der Waals surface area (Å²) in [5.74, 6) is 1.10. The van der Waals surface area contributed by atoms with Crippen molar-refractivity contribution in [3.05, 3.63) is 70.6 Å². The number of rotatable bonds is 6.